The highest BCUT2D eigenvalue weighted by molar-refractivity contribution is 5.72. The monoisotopic (exact) mass is 304 g/mol. The molecule has 0 atom stereocenters. The largest absolute Gasteiger partial charge is 0.481 e. The fourth-order valence-electron chi connectivity index (χ4n) is 1.34. The Kier molecular flexibility index (Phi) is 10.5. The number of esters is 2. The maximum absolute atomic E-state index is 11.1. The van der Waals surface area contributed by atoms with Crippen molar-refractivity contribution in [2.45, 2.75) is 44.9 Å². The van der Waals surface area contributed by atoms with Crippen LogP contribution >= 0.6 is 0 Å². The van der Waals surface area contributed by atoms with Crippen LogP contribution in [0.4, 0.5) is 0 Å². The van der Waals surface area contributed by atoms with Gasteiger partial charge in [0, 0.05) is 32.1 Å². The van der Waals surface area contributed by atoms with Crippen molar-refractivity contribution >= 4 is 23.9 Å². The second-order valence-electron chi connectivity index (χ2n) is 4.29. The van der Waals surface area contributed by atoms with E-state index in [0.29, 0.717) is 6.42 Å². The fourth-order valence-corrected chi connectivity index (χ4v) is 1.34. The highest BCUT2D eigenvalue weighted by Crippen LogP contribution is 2.00. The number of aliphatic carboxylic acids is 2. The van der Waals surface area contributed by atoms with Crippen molar-refractivity contribution in [2.24, 2.45) is 0 Å². The highest BCUT2D eigenvalue weighted by Gasteiger charge is 2.07. The minimum Gasteiger partial charge on any atom is -0.481 e. The number of rotatable bonds is 12. The summed E-state index contributed by atoms with van der Waals surface area (Å²) in [6.07, 6.45) is 0.726. The van der Waals surface area contributed by atoms with Crippen molar-refractivity contribution < 1.29 is 38.9 Å². The van der Waals surface area contributed by atoms with E-state index in [1.54, 1.807) is 0 Å². The molecule has 0 unspecified atom stereocenters. The van der Waals surface area contributed by atoms with Gasteiger partial charge in [0.15, 0.2) is 0 Å². The fraction of sp³-hybridized carbons (Fsp3) is 0.692. The summed E-state index contributed by atoms with van der Waals surface area (Å²) in [7, 11) is 0. The predicted octanol–water partition coefficient (Wildman–Crippen LogP) is 0.973. The number of hydrogen-bond donors (Lipinski definition) is 2. The van der Waals surface area contributed by atoms with Gasteiger partial charge in [0.05, 0.1) is 13.2 Å². The molecule has 0 saturated carbocycles. The molecule has 0 radical (unpaired) electrons. The second kappa shape index (κ2) is 11.7. The summed E-state index contributed by atoms with van der Waals surface area (Å²) < 4.78 is 9.63. The molecule has 0 heterocycles. The van der Waals surface area contributed by atoms with E-state index >= 15 is 0 Å². The molecule has 0 aliphatic carbocycles. The van der Waals surface area contributed by atoms with Crippen molar-refractivity contribution in [3.8, 4) is 0 Å². The molecule has 0 amide bonds. The molecule has 0 rings (SSSR count). The summed E-state index contributed by atoms with van der Waals surface area (Å²) in [5, 5.41) is 16.8. The smallest absolute Gasteiger partial charge is 0.305 e. The summed E-state index contributed by atoms with van der Waals surface area (Å²) in [6, 6.07) is 0. The Morgan fingerprint density at radius 1 is 0.619 bits per heavy atom. The zero-order valence-corrected chi connectivity index (χ0v) is 11.7. The Balaban J connectivity index is 3.42. The zero-order valence-electron chi connectivity index (χ0n) is 11.7. The summed E-state index contributed by atoms with van der Waals surface area (Å²) in [6.45, 7) is 0.183. The topological polar surface area (TPSA) is 127 Å². The van der Waals surface area contributed by atoms with Crippen LogP contribution in [0.5, 0.6) is 0 Å². The van der Waals surface area contributed by atoms with E-state index in [-0.39, 0.29) is 51.7 Å². The van der Waals surface area contributed by atoms with Crippen LogP contribution in [0, 0.1) is 0 Å². The number of carbonyl (C=O) groups excluding carboxylic acids is 2. The Morgan fingerprint density at radius 3 is 1.33 bits per heavy atom. The van der Waals surface area contributed by atoms with Gasteiger partial charge in [0.25, 0.3) is 0 Å². The third-order valence-corrected chi connectivity index (χ3v) is 2.36. The lowest BCUT2D eigenvalue weighted by Gasteiger charge is -2.05. The first-order valence-electron chi connectivity index (χ1n) is 6.66. The predicted molar refractivity (Wildman–Crippen MR) is 69.5 cm³/mol. The van der Waals surface area contributed by atoms with Crippen molar-refractivity contribution in [3.63, 3.8) is 0 Å². The van der Waals surface area contributed by atoms with Gasteiger partial charge in [-0.3, -0.25) is 19.2 Å². The van der Waals surface area contributed by atoms with Gasteiger partial charge in [-0.15, -0.1) is 0 Å². The molecule has 2 N–H and O–H groups in total. The maximum atomic E-state index is 11.1. The van der Waals surface area contributed by atoms with Crippen LogP contribution in [0.15, 0.2) is 0 Å². The van der Waals surface area contributed by atoms with E-state index in [1.807, 2.05) is 0 Å². The SMILES string of the molecule is O=C(O)CCCC(=O)OCCCOC(=O)CCCC(=O)O. The van der Waals surface area contributed by atoms with E-state index in [1.165, 1.54) is 0 Å². The maximum Gasteiger partial charge on any atom is 0.305 e. The van der Waals surface area contributed by atoms with E-state index in [2.05, 4.69) is 0 Å². The van der Waals surface area contributed by atoms with Gasteiger partial charge in [-0.1, -0.05) is 0 Å². The van der Waals surface area contributed by atoms with Crippen LogP contribution < -0.4 is 0 Å². The van der Waals surface area contributed by atoms with Gasteiger partial charge in [0.1, 0.15) is 0 Å². The Bertz CT molecular complexity index is 329. The van der Waals surface area contributed by atoms with Crippen molar-refractivity contribution in [1.29, 1.82) is 0 Å². The van der Waals surface area contributed by atoms with Crippen LogP contribution in [-0.2, 0) is 28.7 Å². The average molecular weight is 304 g/mol. The molecule has 21 heavy (non-hydrogen) atoms. The molecule has 0 aliphatic rings. The molecule has 8 nitrogen and oxygen atoms in total. The zero-order chi connectivity index (χ0) is 16.1. The number of carboxylic acid groups (broad SMARTS) is 2. The molecule has 0 aromatic carbocycles. The van der Waals surface area contributed by atoms with Crippen molar-refractivity contribution in [2.75, 3.05) is 13.2 Å². The van der Waals surface area contributed by atoms with Crippen LogP contribution in [0.3, 0.4) is 0 Å². The number of hydrogen-bond acceptors (Lipinski definition) is 6. The van der Waals surface area contributed by atoms with Gasteiger partial charge in [-0.05, 0) is 12.8 Å². The van der Waals surface area contributed by atoms with E-state index in [4.69, 9.17) is 19.7 Å². The quantitative estimate of drug-likeness (QED) is 0.403. The summed E-state index contributed by atoms with van der Waals surface area (Å²) >= 11 is 0. The Hall–Kier alpha value is -2.12. The Morgan fingerprint density at radius 2 is 1.00 bits per heavy atom. The molecule has 0 fully saturated rings. The number of ether oxygens (including phenoxy) is 2. The minimum absolute atomic E-state index is 0.0429. The molecule has 0 bridgehead atoms. The standard InChI is InChI=1S/C13H20O8/c14-10(15)4-1-6-12(18)20-8-3-9-21-13(19)7-2-5-11(16)17/h1-9H2,(H,14,15)(H,16,17). The normalized spacial score (nSPS) is 9.90. The highest BCUT2D eigenvalue weighted by atomic mass is 16.5. The molecule has 0 aromatic rings. The van der Waals surface area contributed by atoms with Crippen LogP contribution in [0.25, 0.3) is 0 Å². The molecular weight excluding hydrogens is 284 g/mol. The van der Waals surface area contributed by atoms with Crippen LogP contribution in [0.1, 0.15) is 44.9 Å². The number of carbonyl (C=O) groups is 4. The lowest BCUT2D eigenvalue weighted by atomic mass is 10.2. The van der Waals surface area contributed by atoms with Crippen LogP contribution in [-0.4, -0.2) is 47.3 Å². The molecule has 8 heteroatoms. The second-order valence-corrected chi connectivity index (χ2v) is 4.29. The molecule has 0 aliphatic heterocycles. The van der Waals surface area contributed by atoms with E-state index in [0.717, 1.165) is 0 Å². The average Bonchev–Trinajstić information content (AvgIpc) is 2.37. The summed E-state index contributed by atoms with van der Waals surface area (Å²) in [5.74, 6) is -2.89. The van der Waals surface area contributed by atoms with Gasteiger partial charge < -0.3 is 19.7 Å². The molecule has 0 aromatic heterocycles. The Labute approximate surface area is 122 Å². The molecule has 120 valence electrons. The van der Waals surface area contributed by atoms with Gasteiger partial charge in [-0.25, -0.2) is 0 Å². The van der Waals surface area contributed by atoms with E-state index in [9.17, 15) is 19.2 Å². The molecular formula is C13H20O8. The lowest BCUT2D eigenvalue weighted by Crippen LogP contribution is -2.11. The van der Waals surface area contributed by atoms with Gasteiger partial charge in [-0.2, -0.15) is 0 Å². The first-order chi connectivity index (χ1) is 9.91. The molecule has 0 saturated heterocycles. The van der Waals surface area contributed by atoms with Gasteiger partial charge in [0.2, 0.25) is 0 Å². The molecule has 0 spiro atoms. The van der Waals surface area contributed by atoms with E-state index < -0.39 is 23.9 Å². The number of carboxylic acids is 2. The summed E-state index contributed by atoms with van der Waals surface area (Å²) in [5.41, 5.74) is 0. The third-order valence-electron chi connectivity index (χ3n) is 2.36. The van der Waals surface area contributed by atoms with Gasteiger partial charge >= 0.3 is 23.9 Å². The summed E-state index contributed by atoms with van der Waals surface area (Å²) in [4.78, 5) is 42.7. The first-order valence-corrected chi connectivity index (χ1v) is 6.66. The minimum atomic E-state index is -0.961. The van der Waals surface area contributed by atoms with Crippen LogP contribution in [0.2, 0.25) is 0 Å². The lowest BCUT2D eigenvalue weighted by molar-refractivity contribution is -0.146. The first kappa shape index (κ1) is 18.9. The third kappa shape index (κ3) is 14.1. The van der Waals surface area contributed by atoms with Crippen molar-refractivity contribution in [3.05, 3.63) is 0 Å². The van der Waals surface area contributed by atoms with Crippen molar-refractivity contribution in [1.82, 2.24) is 0 Å².